The molecule has 0 amide bonds. The maximum Gasteiger partial charge on any atom is 0.332 e. The SMILES string of the molecule is Cn1c(=O)c2c(SCc3ccc(Br)cc3)nc(-c3ccc(F)cc3)nc2n(C)c1=O. The molecule has 0 saturated carbocycles. The van der Waals surface area contributed by atoms with Crippen LogP contribution in [-0.4, -0.2) is 19.1 Å². The minimum atomic E-state index is -0.472. The van der Waals surface area contributed by atoms with E-state index in [2.05, 4.69) is 25.9 Å². The number of thioether (sulfide) groups is 1. The fourth-order valence-electron chi connectivity index (χ4n) is 2.99. The summed E-state index contributed by atoms with van der Waals surface area (Å²) in [5.74, 6) is 0.531. The fraction of sp³-hybridized carbons (Fsp3) is 0.143. The Hall–Kier alpha value is -2.78. The van der Waals surface area contributed by atoms with E-state index in [0.717, 1.165) is 14.6 Å². The number of aryl methyl sites for hydroxylation is 1. The van der Waals surface area contributed by atoms with Gasteiger partial charge < -0.3 is 0 Å². The Morgan fingerprint density at radius 3 is 2.30 bits per heavy atom. The molecule has 30 heavy (non-hydrogen) atoms. The molecule has 9 heteroatoms. The third kappa shape index (κ3) is 3.82. The van der Waals surface area contributed by atoms with Gasteiger partial charge in [0.25, 0.3) is 5.56 Å². The summed E-state index contributed by atoms with van der Waals surface area (Å²) in [6, 6.07) is 13.6. The second kappa shape index (κ2) is 8.16. The molecule has 0 spiro atoms. The van der Waals surface area contributed by atoms with E-state index < -0.39 is 11.2 Å². The lowest BCUT2D eigenvalue weighted by Gasteiger charge is -2.12. The third-order valence-corrected chi connectivity index (χ3v) is 6.23. The van der Waals surface area contributed by atoms with Gasteiger partial charge in [-0.05, 0) is 42.0 Å². The van der Waals surface area contributed by atoms with Crippen molar-refractivity contribution >= 4 is 38.7 Å². The van der Waals surface area contributed by atoms with Crippen LogP contribution in [0, 0.1) is 5.82 Å². The molecule has 2 heterocycles. The summed E-state index contributed by atoms with van der Waals surface area (Å²) in [5.41, 5.74) is 0.977. The summed E-state index contributed by atoms with van der Waals surface area (Å²) >= 11 is 4.81. The van der Waals surface area contributed by atoms with Gasteiger partial charge in [-0.2, -0.15) is 0 Å². The summed E-state index contributed by atoms with van der Waals surface area (Å²) in [6.45, 7) is 0. The quantitative estimate of drug-likeness (QED) is 0.323. The molecule has 0 N–H and O–H groups in total. The van der Waals surface area contributed by atoms with Crippen molar-refractivity contribution in [3.63, 3.8) is 0 Å². The van der Waals surface area contributed by atoms with E-state index in [9.17, 15) is 14.0 Å². The van der Waals surface area contributed by atoms with Crippen molar-refractivity contribution in [2.45, 2.75) is 10.8 Å². The second-order valence-corrected chi connectivity index (χ2v) is 8.56. The van der Waals surface area contributed by atoms with Crippen molar-refractivity contribution in [2.75, 3.05) is 0 Å². The van der Waals surface area contributed by atoms with Gasteiger partial charge in [0, 0.05) is 29.9 Å². The van der Waals surface area contributed by atoms with Crippen LogP contribution in [0.5, 0.6) is 0 Å². The summed E-state index contributed by atoms with van der Waals surface area (Å²) in [4.78, 5) is 34.4. The third-order valence-electron chi connectivity index (χ3n) is 4.66. The fourth-order valence-corrected chi connectivity index (χ4v) is 4.23. The van der Waals surface area contributed by atoms with Gasteiger partial charge in [0.05, 0.1) is 0 Å². The average molecular weight is 487 g/mol. The number of hydrogen-bond acceptors (Lipinski definition) is 5. The smallest absolute Gasteiger partial charge is 0.280 e. The molecule has 0 aliphatic carbocycles. The summed E-state index contributed by atoms with van der Waals surface area (Å²) < 4.78 is 16.7. The number of benzene rings is 2. The predicted molar refractivity (Wildman–Crippen MR) is 119 cm³/mol. The first kappa shape index (κ1) is 20.5. The Kier molecular flexibility index (Phi) is 5.57. The Balaban J connectivity index is 1.90. The monoisotopic (exact) mass is 486 g/mol. The predicted octanol–water partition coefficient (Wildman–Crippen LogP) is 3.89. The summed E-state index contributed by atoms with van der Waals surface area (Å²) in [5, 5.41) is 0.756. The minimum Gasteiger partial charge on any atom is -0.280 e. The standard InChI is InChI=1S/C21H16BrFN4O2S/c1-26-18-16(20(28)27(2)21(26)29)19(30-11-12-3-7-14(22)8-4-12)25-17(24-18)13-5-9-15(23)10-6-13/h3-10H,11H2,1-2H3. The maximum atomic E-state index is 13.3. The maximum absolute atomic E-state index is 13.3. The van der Waals surface area contributed by atoms with Gasteiger partial charge in [-0.3, -0.25) is 13.9 Å². The van der Waals surface area contributed by atoms with Crippen molar-refractivity contribution in [3.8, 4) is 11.4 Å². The van der Waals surface area contributed by atoms with Gasteiger partial charge in [0.1, 0.15) is 16.2 Å². The lowest BCUT2D eigenvalue weighted by Crippen LogP contribution is -2.37. The lowest BCUT2D eigenvalue weighted by atomic mass is 10.2. The Morgan fingerprint density at radius 2 is 1.63 bits per heavy atom. The van der Waals surface area contributed by atoms with Crippen LogP contribution < -0.4 is 11.2 Å². The summed E-state index contributed by atoms with van der Waals surface area (Å²) in [7, 11) is 3.00. The van der Waals surface area contributed by atoms with E-state index in [4.69, 9.17) is 0 Å². The molecule has 0 bridgehead atoms. The molecule has 0 atom stereocenters. The van der Waals surface area contributed by atoms with Gasteiger partial charge >= 0.3 is 5.69 Å². The van der Waals surface area contributed by atoms with Gasteiger partial charge in [-0.25, -0.2) is 19.2 Å². The van der Waals surface area contributed by atoms with Gasteiger partial charge in [0.15, 0.2) is 11.5 Å². The molecule has 0 saturated heterocycles. The second-order valence-electron chi connectivity index (χ2n) is 6.68. The van der Waals surface area contributed by atoms with Gasteiger partial charge in [0.2, 0.25) is 0 Å². The zero-order valence-corrected chi connectivity index (χ0v) is 18.5. The van der Waals surface area contributed by atoms with Crippen LogP contribution in [0.2, 0.25) is 0 Å². The number of rotatable bonds is 4. The van der Waals surface area contributed by atoms with Crippen LogP contribution in [0.1, 0.15) is 5.56 Å². The zero-order chi connectivity index (χ0) is 21.4. The molecule has 2 aromatic heterocycles. The van der Waals surface area contributed by atoms with Crippen LogP contribution in [0.3, 0.4) is 0 Å². The zero-order valence-electron chi connectivity index (χ0n) is 16.1. The van der Waals surface area contributed by atoms with Gasteiger partial charge in [-0.1, -0.05) is 28.1 Å². The first-order valence-corrected chi connectivity index (χ1v) is 10.7. The molecule has 152 valence electrons. The molecular weight excluding hydrogens is 471 g/mol. The number of hydrogen-bond donors (Lipinski definition) is 0. The highest BCUT2D eigenvalue weighted by Gasteiger charge is 2.18. The first-order valence-electron chi connectivity index (χ1n) is 8.96. The number of aromatic nitrogens is 4. The van der Waals surface area contributed by atoms with Crippen molar-refractivity contribution in [2.24, 2.45) is 14.1 Å². The topological polar surface area (TPSA) is 69.8 Å². The highest BCUT2D eigenvalue weighted by molar-refractivity contribution is 9.10. The molecule has 0 fully saturated rings. The van der Waals surface area contributed by atoms with Crippen LogP contribution >= 0.6 is 27.7 Å². The van der Waals surface area contributed by atoms with E-state index in [-0.39, 0.29) is 16.9 Å². The van der Waals surface area contributed by atoms with Crippen LogP contribution in [0.25, 0.3) is 22.4 Å². The Labute approximate surface area is 183 Å². The van der Waals surface area contributed by atoms with Crippen molar-refractivity contribution in [1.82, 2.24) is 19.1 Å². The molecule has 2 aromatic carbocycles. The van der Waals surface area contributed by atoms with E-state index in [1.54, 1.807) is 19.2 Å². The normalized spacial score (nSPS) is 11.2. The minimum absolute atomic E-state index is 0.246. The van der Waals surface area contributed by atoms with Crippen LogP contribution in [-0.2, 0) is 19.8 Å². The van der Waals surface area contributed by atoms with Crippen molar-refractivity contribution < 1.29 is 4.39 Å². The highest BCUT2D eigenvalue weighted by atomic mass is 79.9. The molecule has 0 aliphatic heterocycles. The van der Waals surface area contributed by atoms with Crippen LogP contribution in [0.15, 0.2) is 67.6 Å². The molecule has 6 nitrogen and oxygen atoms in total. The molecule has 0 aliphatic rings. The van der Waals surface area contributed by atoms with Crippen LogP contribution in [0.4, 0.5) is 4.39 Å². The Morgan fingerprint density at radius 1 is 0.967 bits per heavy atom. The van der Waals surface area contributed by atoms with Crippen molar-refractivity contribution in [3.05, 3.63) is 85.2 Å². The molecule has 4 rings (SSSR count). The van der Waals surface area contributed by atoms with E-state index >= 15 is 0 Å². The number of fused-ring (bicyclic) bond motifs is 1. The van der Waals surface area contributed by atoms with E-state index in [1.807, 2.05) is 24.3 Å². The van der Waals surface area contributed by atoms with Gasteiger partial charge in [-0.15, -0.1) is 11.8 Å². The summed E-state index contributed by atoms with van der Waals surface area (Å²) in [6.07, 6.45) is 0. The molecular formula is C21H16BrFN4O2S. The molecule has 4 aromatic rings. The van der Waals surface area contributed by atoms with E-state index in [1.165, 1.54) is 35.5 Å². The Bertz CT molecular complexity index is 1370. The highest BCUT2D eigenvalue weighted by Crippen LogP contribution is 2.29. The molecule has 0 unspecified atom stereocenters. The van der Waals surface area contributed by atoms with E-state index in [0.29, 0.717) is 22.2 Å². The number of nitrogens with zero attached hydrogens (tertiary/aromatic N) is 4. The average Bonchev–Trinajstić information content (AvgIpc) is 2.75. The largest absolute Gasteiger partial charge is 0.332 e. The molecule has 0 radical (unpaired) electrons. The lowest BCUT2D eigenvalue weighted by molar-refractivity contribution is 0.628. The van der Waals surface area contributed by atoms with Crippen molar-refractivity contribution in [1.29, 1.82) is 0 Å². The first-order chi connectivity index (χ1) is 14.3. The number of halogens is 2.